The van der Waals surface area contributed by atoms with Crippen LogP contribution in [-0.2, 0) is 12.8 Å². The minimum atomic E-state index is 0.208. The first-order chi connectivity index (χ1) is 44.8. The maximum absolute atomic E-state index is 2.73. The van der Waals surface area contributed by atoms with Gasteiger partial charge >= 0.3 is 0 Å². The van der Waals surface area contributed by atoms with E-state index in [1.807, 2.05) is 0 Å². The van der Waals surface area contributed by atoms with Gasteiger partial charge in [0.2, 0.25) is 0 Å². The Hall–Kier alpha value is -7.94. The third-order valence-corrected chi connectivity index (χ3v) is 20.1. The van der Waals surface area contributed by atoms with Crippen molar-refractivity contribution in [3.8, 4) is 22.3 Å². The molecular weight excluding hydrogens is 1110 g/mol. The van der Waals surface area contributed by atoms with E-state index in [0.717, 1.165) is 51.4 Å². The van der Waals surface area contributed by atoms with Crippen LogP contribution in [0.5, 0.6) is 0 Å². The summed E-state index contributed by atoms with van der Waals surface area (Å²) in [6, 6.07) is 63.0. The Kier molecular flexibility index (Phi) is 22.2. The van der Waals surface area contributed by atoms with Crippen molar-refractivity contribution in [1.82, 2.24) is 0 Å². The summed E-state index contributed by atoms with van der Waals surface area (Å²) in [4.78, 5) is 5.18. The van der Waals surface area contributed by atoms with Gasteiger partial charge in [-0.15, -0.1) is 0 Å². The van der Waals surface area contributed by atoms with E-state index in [4.69, 9.17) is 0 Å². The number of hydrogen-bond acceptors (Lipinski definition) is 2. The Bertz CT molecular complexity index is 3850. The lowest BCUT2D eigenvalue weighted by atomic mass is 9.70. The predicted octanol–water partition coefficient (Wildman–Crippen LogP) is 25.5. The minimum Gasteiger partial charge on any atom is -0.338 e. The first-order valence-electron chi connectivity index (χ1n) is 35.6. The number of anilines is 3. The van der Waals surface area contributed by atoms with Crippen LogP contribution in [0.2, 0.25) is 0 Å². The second-order valence-electron chi connectivity index (χ2n) is 28.4. The van der Waals surface area contributed by atoms with Crippen LogP contribution < -0.4 is 9.80 Å². The van der Waals surface area contributed by atoms with Gasteiger partial charge in [-0.1, -0.05) is 285 Å². The summed E-state index contributed by atoms with van der Waals surface area (Å²) in [6.07, 6.45) is 41.0. The first-order valence-corrected chi connectivity index (χ1v) is 35.6. The summed E-state index contributed by atoms with van der Waals surface area (Å²) in [6.45, 7) is 23.2. The second kappa shape index (κ2) is 31.1. The van der Waals surface area contributed by atoms with Gasteiger partial charge in [0.25, 0.3) is 0 Å². The summed E-state index contributed by atoms with van der Waals surface area (Å²) in [7, 11) is 0. The fraction of sp³-hybridized carbons (Fsp3) is 0.356. The van der Waals surface area contributed by atoms with Gasteiger partial charge in [-0.05, 0) is 218 Å². The Morgan fingerprint density at radius 2 is 1.05 bits per heavy atom. The molecule has 0 amide bonds. The second-order valence-corrected chi connectivity index (χ2v) is 28.4. The third-order valence-electron chi connectivity index (χ3n) is 20.1. The molecule has 2 heteroatoms. The molecule has 7 aromatic rings. The Labute approximate surface area is 555 Å². The molecule has 0 fully saturated rings. The molecule has 0 radical (unpaired) electrons. The number of allylic oxidation sites excluding steroid dienone is 13. The summed E-state index contributed by atoms with van der Waals surface area (Å²) in [5.74, 6) is 2.43. The van der Waals surface area contributed by atoms with Crippen molar-refractivity contribution in [2.75, 3.05) is 9.80 Å². The molecule has 0 heterocycles. The molecule has 4 aliphatic carbocycles. The van der Waals surface area contributed by atoms with Crippen LogP contribution in [0.25, 0.3) is 33.4 Å². The molecule has 0 spiro atoms. The van der Waals surface area contributed by atoms with Gasteiger partial charge in [0.1, 0.15) is 0 Å². The zero-order chi connectivity index (χ0) is 64.1. The number of hydrogen-bond donors (Lipinski definition) is 0. The molecule has 4 unspecified atom stereocenters. The highest BCUT2D eigenvalue weighted by Crippen LogP contribution is 2.48. The topological polar surface area (TPSA) is 6.48 Å². The van der Waals surface area contributed by atoms with Crippen LogP contribution in [0.3, 0.4) is 0 Å². The fourth-order valence-electron chi connectivity index (χ4n) is 14.9. The zero-order valence-electron chi connectivity index (χ0n) is 57.5. The molecule has 7 aromatic carbocycles. The van der Waals surface area contributed by atoms with E-state index in [0.29, 0.717) is 29.6 Å². The molecule has 0 saturated heterocycles. The van der Waals surface area contributed by atoms with E-state index in [1.54, 1.807) is 16.7 Å². The highest BCUT2D eigenvalue weighted by molar-refractivity contribution is 5.84. The van der Waals surface area contributed by atoms with Gasteiger partial charge < -0.3 is 9.80 Å². The fourth-order valence-corrected chi connectivity index (χ4v) is 14.9. The first kappa shape index (κ1) is 65.5. The summed E-state index contributed by atoms with van der Waals surface area (Å²) < 4.78 is 0. The van der Waals surface area contributed by atoms with Gasteiger partial charge in [-0.2, -0.15) is 0 Å². The van der Waals surface area contributed by atoms with Crippen molar-refractivity contribution in [2.24, 2.45) is 23.7 Å². The molecule has 0 aliphatic heterocycles. The van der Waals surface area contributed by atoms with Crippen molar-refractivity contribution in [1.29, 1.82) is 0 Å². The Morgan fingerprint density at radius 1 is 0.500 bits per heavy atom. The highest BCUT2D eigenvalue weighted by Gasteiger charge is 2.33. The lowest BCUT2D eigenvalue weighted by Gasteiger charge is -2.40. The molecule has 0 saturated carbocycles. The van der Waals surface area contributed by atoms with Crippen molar-refractivity contribution in [3.05, 3.63) is 291 Å². The molecule has 0 N–H and O–H groups in total. The number of benzene rings is 7. The third kappa shape index (κ3) is 16.3. The van der Waals surface area contributed by atoms with Crippen LogP contribution in [-0.4, -0.2) is 6.04 Å². The SMILES string of the molecule is CCCCCCC1=CC(c2ccc(N(C3=CCC(c4ccc(C)cc4)C=C3)c3ccc(-c4ccc(CC(C)C)cc4)cc3)cc2C)=C(CCCCCC)CC1C1=CC=C(N(c2ccc(-c3ccc(CC(C)C)cc3)cc2)C2C=CC(c3ccc(C)cc3)=CC2)CC1C. The lowest BCUT2D eigenvalue weighted by Crippen LogP contribution is -2.35. The molecular formula is C90H104N2. The summed E-state index contributed by atoms with van der Waals surface area (Å²) >= 11 is 0. The van der Waals surface area contributed by atoms with E-state index in [1.165, 1.54) is 158 Å². The largest absolute Gasteiger partial charge is 0.338 e. The van der Waals surface area contributed by atoms with E-state index in [2.05, 4.69) is 298 Å². The normalized spacial score (nSPS) is 18.2. The van der Waals surface area contributed by atoms with Crippen molar-refractivity contribution < 1.29 is 0 Å². The van der Waals surface area contributed by atoms with Gasteiger partial charge in [0.05, 0.1) is 6.04 Å². The summed E-state index contributed by atoms with van der Waals surface area (Å²) in [5.41, 5.74) is 29.8. The Morgan fingerprint density at radius 3 is 1.59 bits per heavy atom. The average molecular weight is 1210 g/mol. The minimum absolute atomic E-state index is 0.208. The molecule has 474 valence electrons. The van der Waals surface area contributed by atoms with E-state index in [-0.39, 0.29) is 6.04 Å². The smallest absolute Gasteiger partial charge is 0.0557 e. The summed E-state index contributed by atoms with van der Waals surface area (Å²) in [5, 5.41) is 0. The average Bonchev–Trinajstić information content (AvgIpc) is 0.785. The monoisotopic (exact) mass is 1210 g/mol. The van der Waals surface area contributed by atoms with Gasteiger partial charge in [0.15, 0.2) is 0 Å². The van der Waals surface area contributed by atoms with Gasteiger partial charge in [-0.3, -0.25) is 0 Å². The predicted molar refractivity (Wildman–Crippen MR) is 400 cm³/mol. The maximum atomic E-state index is 2.73. The van der Waals surface area contributed by atoms with Crippen molar-refractivity contribution in [2.45, 2.75) is 184 Å². The molecule has 0 aromatic heterocycles. The lowest BCUT2D eigenvalue weighted by molar-refractivity contribution is 0.513. The van der Waals surface area contributed by atoms with Crippen LogP contribution in [0.1, 0.15) is 189 Å². The standard InChI is InChI=1S/C90H104N2/c1-11-13-15-17-19-79-61-90(88-56-54-86(60-68(88)10)92(82-47-39-76(40-48-82)72-31-23-66(8)24-32-72)84-51-43-78(44-52-84)74-35-27-70(28-36-74)58-64(5)6)80(20-18-16-14-12-2)62-89(79)87-55-53-85(59-67(87)9)91(81-45-37-75(38-46-81)71-29-21-65(7)22-30-71)83-49-41-77(42-50-83)73-33-25-69(26-34-73)57-63(3)4/h21-39,41-45,47-56,60-61,63-64,67,76,81,89H,11-20,40,46,57-59,62H2,1-10H3. The molecule has 2 nitrogen and oxygen atoms in total. The molecule has 11 rings (SSSR count). The van der Waals surface area contributed by atoms with Crippen LogP contribution >= 0.6 is 0 Å². The van der Waals surface area contributed by atoms with Crippen LogP contribution in [0, 0.1) is 44.4 Å². The molecule has 92 heavy (non-hydrogen) atoms. The van der Waals surface area contributed by atoms with Crippen LogP contribution in [0.4, 0.5) is 17.1 Å². The number of aryl methyl sites for hydroxylation is 3. The van der Waals surface area contributed by atoms with Gasteiger partial charge in [-0.25, -0.2) is 0 Å². The molecule has 0 bridgehead atoms. The number of unbranched alkanes of at least 4 members (excludes halogenated alkanes) is 6. The van der Waals surface area contributed by atoms with E-state index < -0.39 is 0 Å². The maximum Gasteiger partial charge on any atom is 0.0557 e. The molecule has 4 atom stereocenters. The molecule has 4 aliphatic rings. The van der Waals surface area contributed by atoms with Crippen molar-refractivity contribution in [3.63, 3.8) is 0 Å². The number of nitrogens with zero attached hydrogens (tertiary/aromatic N) is 2. The highest BCUT2D eigenvalue weighted by atomic mass is 15.2. The van der Waals surface area contributed by atoms with Gasteiger partial charge in [0, 0.05) is 40.3 Å². The quantitative estimate of drug-likeness (QED) is 0.0499. The van der Waals surface area contributed by atoms with Crippen molar-refractivity contribution >= 4 is 28.2 Å². The van der Waals surface area contributed by atoms with Crippen LogP contribution in [0.15, 0.2) is 247 Å². The Balaban J connectivity index is 0.928. The number of rotatable bonds is 26. The zero-order valence-corrected chi connectivity index (χ0v) is 57.5. The van der Waals surface area contributed by atoms with E-state index in [9.17, 15) is 0 Å². The van der Waals surface area contributed by atoms with E-state index >= 15 is 0 Å².